The van der Waals surface area contributed by atoms with Gasteiger partial charge in [0, 0.05) is 77.5 Å². The van der Waals surface area contributed by atoms with E-state index in [1.807, 2.05) is 83.1 Å². The molecule has 0 fully saturated rings. The van der Waals surface area contributed by atoms with E-state index in [0.717, 1.165) is 6.42 Å². The molecule has 23 nitrogen and oxygen atoms in total. The fraction of sp³-hybridized carbons (Fsp3) is 0.757. The summed E-state index contributed by atoms with van der Waals surface area (Å²) < 4.78 is 11.2. The van der Waals surface area contributed by atoms with Crippen LogP contribution in [0.1, 0.15) is 260 Å². The van der Waals surface area contributed by atoms with Gasteiger partial charge >= 0.3 is 0 Å². The topological polar surface area (TPSA) is 332 Å². The number of Topliss-reactive ketones (excluding diaryl/α,β-unsaturated/α-hetero) is 3. The van der Waals surface area contributed by atoms with E-state index in [9.17, 15) is 57.5 Å². The van der Waals surface area contributed by atoms with E-state index in [4.69, 9.17) is 9.47 Å². The highest BCUT2D eigenvalue weighted by Gasteiger charge is 2.31. The smallest absolute Gasteiger partial charge is 0.251 e. The molecule has 25 heteroatoms. The van der Waals surface area contributed by atoms with Crippen LogP contribution in [0, 0.1) is 23.7 Å². The van der Waals surface area contributed by atoms with Crippen molar-refractivity contribution in [3.05, 3.63) is 35.4 Å². The quantitative estimate of drug-likeness (QED) is 0.0218. The van der Waals surface area contributed by atoms with Crippen molar-refractivity contribution in [2.75, 3.05) is 44.4 Å². The molecule has 1 rings (SSSR count). The Morgan fingerprint density at radius 2 is 0.949 bits per heavy atom. The van der Waals surface area contributed by atoms with E-state index < -0.39 is 78.2 Å². The van der Waals surface area contributed by atoms with Gasteiger partial charge in [0.05, 0.1) is 43.4 Å². The lowest BCUT2D eigenvalue weighted by Gasteiger charge is -2.28. The fourth-order valence-corrected chi connectivity index (χ4v) is 9.93. The lowest BCUT2D eigenvalue weighted by Crippen LogP contribution is -2.54. The molecule has 574 valence electrons. The number of ether oxygens (including phenoxy) is 2. The summed E-state index contributed by atoms with van der Waals surface area (Å²) in [7, 11) is 0. The lowest BCUT2D eigenvalue weighted by atomic mass is 9.99. The molecular formula is C74H137N9O14S2. The van der Waals surface area contributed by atoms with Crippen LogP contribution < -0.4 is 47.9 Å². The van der Waals surface area contributed by atoms with Crippen molar-refractivity contribution in [3.63, 3.8) is 0 Å². The zero-order valence-corrected chi connectivity index (χ0v) is 67.8. The molecule has 0 aliphatic carbocycles. The second kappa shape index (κ2) is 56.7. The van der Waals surface area contributed by atoms with Crippen LogP contribution in [0.5, 0.6) is 0 Å². The summed E-state index contributed by atoms with van der Waals surface area (Å²) in [6, 6.07) is 2.69. The van der Waals surface area contributed by atoms with Gasteiger partial charge in [-0.2, -0.15) is 23.5 Å². The molecule has 0 spiro atoms. The molecule has 4 atom stereocenters. The molecule has 0 radical (unpaired) electrons. The summed E-state index contributed by atoms with van der Waals surface area (Å²) in [6.07, 6.45) is 4.56. The van der Waals surface area contributed by atoms with Crippen LogP contribution in [0.25, 0.3) is 0 Å². The zero-order valence-electron chi connectivity index (χ0n) is 66.2. The van der Waals surface area contributed by atoms with E-state index in [0.29, 0.717) is 60.0 Å². The Morgan fingerprint density at radius 1 is 0.515 bits per heavy atom. The van der Waals surface area contributed by atoms with E-state index >= 15 is 0 Å². The number of amides is 9. The Hall–Kier alpha value is -5.92. The molecule has 1 aromatic rings. The Morgan fingerprint density at radius 3 is 1.37 bits per heavy atom. The van der Waals surface area contributed by atoms with E-state index in [2.05, 4.69) is 103 Å². The summed E-state index contributed by atoms with van der Waals surface area (Å²) in [5.74, 6) is -3.70. The molecule has 9 amide bonds. The summed E-state index contributed by atoms with van der Waals surface area (Å²) in [5.41, 5.74) is -0.461. The second-order valence-corrected chi connectivity index (χ2v) is 31.1. The van der Waals surface area contributed by atoms with Crippen molar-refractivity contribution in [3.8, 4) is 0 Å². The number of nitrogens with one attached hydrogen (secondary N) is 9. The van der Waals surface area contributed by atoms with Gasteiger partial charge in [0.2, 0.25) is 47.8 Å². The van der Waals surface area contributed by atoms with Gasteiger partial charge in [0.1, 0.15) is 12.1 Å². The molecule has 0 bridgehead atoms. The van der Waals surface area contributed by atoms with Crippen LogP contribution in [-0.4, -0.2) is 173 Å². The maximum Gasteiger partial charge on any atom is 0.251 e. The third-order valence-electron chi connectivity index (χ3n) is 13.3. The largest absolute Gasteiger partial charge is 0.379 e. The normalized spacial score (nSPS) is 12.3. The van der Waals surface area contributed by atoms with Crippen molar-refractivity contribution in [1.82, 2.24) is 47.9 Å². The van der Waals surface area contributed by atoms with Crippen molar-refractivity contribution < 1.29 is 67.0 Å². The van der Waals surface area contributed by atoms with Gasteiger partial charge < -0.3 is 57.3 Å². The first-order chi connectivity index (χ1) is 45.8. The van der Waals surface area contributed by atoms with Crippen LogP contribution in [0.3, 0.4) is 0 Å². The molecule has 0 saturated carbocycles. The van der Waals surface area contributed by atoms with E-state index in [-0.39, 0.29) is 95.0 Å². The number of ketones is 3. The number of thioether (sulfide) groups is 2. The summed E-state index contributed by atoms with van der Waals surface area (Å²) in [5, 5.41) is 24.2. The van der Waals surface area contributed by atoms with Crippen LogP contribution in [-0.2, 0) is 57.4 Å². The SMILES string of the molecule is CC.CC(C)C(=O)C(C)NC(=O)CNC=O.CC(C)SCC(CSC(C)C)C(=O)c1ccc(C(=O)NCC(=O)NC(CCC(=O)NC(C(=O)NC(C)C(=O)C(C)C)C(C)C)C(=O)NCC(=O)NC(C)(C)CCOC(C)(C)C)cc1.CCC.CCC.CCC(=O)NC(C)(C)CCOC(C)C. The number of carbonyl (C=O) groups excluding carboxylic acids is 12. The van der Waals surface area contributed by atoms with Crippen LogP contribution in [0.2, 0.25) is 0 Å². The average molecular weight is 1440 g/mol. The van der Waals surface area contributed by atoms with E-state index in [1.165, 1.54) is 25.0 Å². The fourth-order valence-electron chi connectivity index (χ4n) is 8.01. The van der Waals surface area contributed by atoms with Gasteiger partial charge in [0.15, 0.2) is 17.3 Å². The van der Waals surface area contributed by atoms with Gasteiger partial charge in [-0.1, -0.05) is 143 Å². The first-order valence-corrected chi connectivity index (χ1v) is 37.6. The summed E-state index contributed by atoms with van der Waals surface area (Å²) in [4.78, 5) is 148. The summed E-state index contributed by atoms with van der Waals surface area (Å²) >= 11 is 3.46. The first-order valence-electron chi connectivity index (χ1n) is 35.5. The first kappa shape index (κ1) is 102. The molecule has 9 N–H and O–H groups in total. The number of carbonyl (C=O) groups is 12. The highest BCUT2D eigenvalue weighted by atomic mass is 32.2. The number of rotatable bonds is 40. The molecule has 0 saturated heterocycles. The Bertz CT molecular complexity index is 2490. The number of hydrogen-bond donors (Lipinski definition) is 9. The molecule has 0 aliphatic rings. The highest BCUT2D eigenvalue weighted by Crippen LogP contribution is 2.24. The molecular weight excluding hydrogens is 1300 g/mol. The predicted octanol–water partition coefficient (Wildman–Crippen LogP) is 10.3. The van der Waals surface area contributed by atoms with E-state index in [1.54, 1.807) is 91.0 Å². The third-order valence-corrected chi connectivity index (χ3v) is 15.8. The molecule has 1 aromatic carbocycles. The van der Waals surface area contributed by atoms with Gasteiger partial charge in [-0.25, -0.2) is 0 Å². The van der Waals surface area contributed by atoms with Crippen LogP contribution >= 0.6 is 23.5 Å². The minimum Gasteiger partial charge on any atom is -0.379 e. The number of benzene rings is 1. The molecule has 4 unspecified atom stereocenters. The van der Waals surface area contributed by atoms with Gasteiger partial charge in [-0.3, -0.25) is 57.5 Å². The summed E-state index contributed by atoms with van der Waals surface area (Å²) in [6.45, 7) is 53.9. The molecule has 99 heavy (non-hydrogen) atoms. The molecule has 0 aromatic heterocycles. The van der Waals surface area contributed by atoms with Crippen LogP contribution in [0.4, 0.5) is 0 Å². The predicted molar refractivity (Wildman–Crippen MR) is 406 cm³/mol. The van der Waals surface area contributed by atoms with Crippen molar-refractivity contribution >= 4 is 94.5 Å². The van der Waals surface area contributed by atoms with Gasteiger partial charge in [-0.05, 0) is 124 Å². The highest BCUT2D eigenvalue weighted by molar-refractivity contribution is 8.00. The standard InChI is InChI=1S/C46H76N6O9S2.C11H23NO2.C9H16N2O3.2C3H8.C2H6/c1-27(2)39(44(60)49-31(9)40(56)28(3)4)51-36(53)20-19-35(43(59)48-24-38(55)52-46(13,14)21-22-61-45(10,11)12)50-37(54)23-47-42(58)33-17-15-32(16-18-33)41(57)34(25-62-29(5)6)26-63-30(7)8;1-6-10(13)12-11(4,5)7-8-14-9(2)3;1-6(2)9(14)7(3)11-8(13)4-10-5-12;2*1-3-2;1-2/h15-18,27-31,34-35,39H,19-26H2,1-14H3,(H,47,58)(H,48,59)(H,49,60)(H,50,54)(H,51,53)(H,52,55);9H,6-8H2,1-5H3,(H,12,13);5-7H,4H2,1-3H3,(H,10,12)(H,11,13);2*3H2,1-2H3;1-2H3. The van der Waals surface area contributed by atoms with Gasteiger partial charge in [0.25, 0.3) is 5.91 Å². The maximum absolute atomic E-state index is 13.5. The third kappa shape index (κ3) is 55.5. The minimum atomic E-state index is -1.31. The van der Waals surface area contributed by atoms with Gasteiger partial charge in [-0.15, -0.1) is 0 Å². The lowest BCUT2D eigenvalue weighted by molar-refractivity contribution is -0.133. The van der Waals surface area contributed by atoms with Crippen molar-refractivity contribution in [2.45, 2.75) is 296 Å². The molecule has 0 heterocycles. The Balaban J connectivity index is -0.000000660. The van der Waals surface area contributed by atoms with Crippen molar-refractivity contribution in [2.24, 2.45) is 23.7 Å². The Kier molecular flexibility index (Phi) is 58.2. The van der Waals surface area contributed by atoms with Crippen molar-refractivity contribution in [1.29, 1.82) is 0 Å². The average Bonchev–Trinajstić information content (AvgIpc) is 0.862. The monoisotopic (exact) mass is 1440 g/mol. The maximum atomic E-state index is 13.5. The second-order valence-electron chi connectivity index (χ2n) is 27.9. The number of hydrogen-bond acceptors (Lipinski definition) is 16. The zero-order chi connectivity index (χ0) is 78.0. The van der Waals surface area contributed by atoms with Crippen LogP contribution in [0.15, 0.2) is 24.3 Å². The molecule has 0 aliphatic heterocycles. The Labute approximate surface area is 606 Å². The minimum absolute atomic E-state index is 0.00301.